The largest absolute Gasteiger partial charge is 0.376 e. The SMILES string of the molecule is CC(C)Cc1noc([C@H]2CCCN(C(=O)c3n[nH]c4c3COCC4)C2)n1. The molecule has 0 aromatic carbocycles. The lowest BCUT2D eigenvalue weighted by Crippen LogP contribution is -2.39. The summed E-state index contributed by atoms with van der Waals surface area (Å²) in [5.41, 5.74) is 2.41. The summed E-state index contributed by atoms with van der Waals surface area (Å²) in [6.07, 6.45) is 3.45. The van der Waals surface area contributed by atoms with Gasteiger partial charge in [-0.3, -0.25) is 9.89 Å². The highest BCUT2D eigenvalue weighted by Gasteiger charge is 2.32. The van der Waals surface area contributed by atoms with Crippen LogP contribution in [0.25, 0.3) is 0 Å². The van der Waals surface area contributed by atoms with Gasteiger partial charge in [-0.25, -0.2) is 0 Å². The van der Waals surface area contributed by atoms with Crippen LogP contribution in [0, 0.1) is 5.92 Å². The number of aromatic amines is 1. The van der Waals surface area contributed by atoms with E-state index in [-0.39, 0.29) is 11.8 Å². The van der Waals surface area contributed by atoms with Gasteiger partial charge in [0.25, 0.3) is 5.91 Å². The van der Waals surface area contributed by atoms with E-state index in [1.807, 2.05) is 4.90 Å². The fraction of sp³-hybridized carbons (Fsp3) is 0.667. The maximum absolute atomic E-state index is 13.0. The molecular weight excluding hydrogens is 334 g/mol. The maximum atomic E-state index is 13.0. The summed E-state index contributed by atoms with van der Waals surface area (Å²) in [4.78, 5) is 19.4. The average Bonchev–Trinajstić information content (AvgIpc) is 3.28. The fourth-order valence-electron chi connectivity index (χ4n) is 3.68. The summed E-state index contributed by atoms with van der Waals surface area (Å²) in [5.74, 6) is 1.92. The Balaban J connectivity index is 1.47. The predicted octanol–water partition coefficient (Wildman–Crippen LogP) is 2.08. The zero-order valence-corrected chi connectivity index (χ0v) is 15.3. The molecule has 1 amide bonds. The number of aromatic nitrogens is 4. The van der Waals surface area contributed by atoms with E-state index in [9.17, 15) is 4.79 Å². The first-order chi connectivity index (χ1) is 12.6. The lowest BCUT2D eigenvalue weighted by atomic mass is 9.97. The van der Waals surface area contributed by atoms with Crippen molar-refractivity contribution in [1.82, 2.24) is 25.2 Å². The number of ether oxygens (including phenoxy) is 1. The molecule has 0 unspecified atom stereocenters. The molecule has 0 saturated carbocycles. The minimum Gasteiger partial charge on any atom is -0.376 e. The summed E-state index contributed by atoms with van der Waals surface area (Å²) in [5, 5.41) is 11.3. The van der Waals surface area contributed by atoms with E-state index < -0.39 is 0 Å². The second-order valence-electron chi connectivity index (χ2n) is 7.57. The van der Waals surface area contributed by atoms with Crippen molar-refractivity contribution in [3.8, 4) is 0 Å². The van der Waals surface area contributed by atoms with Gasteiger partial charge in [-0.1, -0.05) is 19.0 Å². The van der Waals surface area contributed by atoms with Crippen LogP contribution in [-0.4, -0.2) is 50.8 Å². The molecule has 4 rings (SSSR count). The number of hydrogen-bond acceptors (Lipinski definition) is 6. The maximum Gasteiger partial charge on any atom is 0.274 e. The Hall–Kier alpha value is -2.22. The Morgan fingerprint density at radius 3 is 3.15 bits per heavy atom. The summed E-state index contributed by atoms with van der Waals surface area (Å²) >= 11 is 0. The van der Waals surface area contributed by atoms with Crippen molar-refractivity contribution < 1.29 is 14.1 Å². The van der Waals surface area contributed by atoms with Crippen LogP contribution < -0.4 is 0 Å². The third-order valence-corrected chi connectivity index (χ3v) is 5.03. The molecule has 8 nitrogen and oxygen atoms in total. The molecule has 2 aliphatic heterocycles. The van der Waals surface area contributed by atoms with Gasteiger partial charge < -0.3 is 14.2 Å². The van der Waals surface area contributed by atoms with Crippen LogP contribution in [0.4, 0.5) is 0 Å². The van der Waals surface area contributed by atoms with Crippen molar-refractivity contribution in [2.24, 2.45) is 5.92 Å². The van der Waals surface area contributed by atoms with E-state index in [0.29, 0.717) is 37.3 Å². The Labute approximate surface area is 152 Å². The summed E-state index contributed by atoms with van der Waals surface area (Å²) < 4.78 is 11.0. The first-order valence-electron chi connectivity index (χ1n) is 9.37. The van der Waals surface area contributed by atoms with Crippen molar-refractivity contribution in [1.29, 1.82) is 0 Å². The molecule has 2 aliphatic rings. The van der Waals surface area contributed by atoms with Gasteiger partial charge in [0, 0.05) is 37.2 Å². The monoisotopic (exact) mass is 359 g/mol. The van der Waals surface area contributed by atoms with E-state index in [1.165, 1.54) is 0 Å². The number of hydrogen-bond donors (Lipinski definition) is 1. The molecule has 1 atom stereocenters. The number of fused-ring (bicyclic) bond motifs is 1. The smallest absolute Gasteiger partial charge is 0.274 e. The fourth-order valence-corrected chi connectivity index (χ4v) is 3.68. The number of carbonyl (C=O) groups is 1. The molecule has 1 fully saturated rings. The Morgan fingerprint density at radius 1 is 1.42 bits per heavy atom. The van der Waals surface area contributed by atoms with Crippen LogP contribution >= 0.6 is 0 Å². The quantitative estimate of drug-likeness (QED) is 0.898. The van der Waals surface area contributed by atoms with Crippen LogP contribution in [0.5, 0.6) is 0 Å². The Morgan fingerprint density at radius 2 is 2.31 bits per heavy atom. The molecule has 1 saturated heterocycles. The normalized spacial score (nSPS) is 20.4. The van der Waals surface area contributed by atoms with Crippen molar-refractivity contribution in [2.45, 2.75) is 52.1 Å². The first kappa shape index (κ1) is 17.2. The molecule has 1 N–H and O–H groups in total. The molecule has 0 radical (unpaired) electrons. The third-order valence-electron chi connectivity index (χ3n) is 5.03. The zero-order valence-electron chi connectivity index (χ0n) is 15.3. The number of amides is 1. The first-order valence-corrected chi connectivity index (χ1v) is 9.37. The van der Waals surface area contributed by atoms with Crippen LogP contribution in [0.1, 0.15) is 66.1 Å². The number of piperidine rings is 1. The van der Waals surface area contributed by atoms with E-state index in [1.54, 1.807) is 0 Å². The van der Waals surface area contributed by atoms with Crippen molar-refractivity contribution in [2.75, 3.05) is 19.7 Å². The number of nitrogens with one attached hydrogen (secondary N) is 1. The molecule has 140 valence electrons. The Kier molecular flexibility index (Phi) is 4.76. The van der Waals surface area contributed by atoms with Gasteiger partial charge in [-0.15, -0.1) is 0 Å². The number of carbonyl (C=O) groups excluding carboxylic acids is 1. The van der Waals surface area contributed by atoms with E-state index >= 15 is 0 Å². The molecular formula is C18H25N5O3. The summed E-state index contributed by atoms with van der Waals surface area (Å²) in [6.45, 7) is 6.70. The third kappa shape index (κ3) is 3.38. The van der Waals surface area contributed by atoms with E-state index in [0.717, 1.165) is 49.3 Å². The number of likely N-dealkylation sites (tertiary alicyclic amines) is 1. The van der Waals surface area contributed by atoms with Gasteiger partial charge in [0.15, 0.2) is 11.5 Å². The van der Waals surface area contributed by atoms with Gasteiger partial charge >= 0.3 is 0 Å². The molecule has 0 spiro atoms. The lowest BCUT2D eigenvalue weighted by molar-refractivity contribution is 0.0677. The van der Waals surface area contributed by atoms with Gasteiger partial charge in [0.2, 0.25) is 5.89 Å². The second kappa shape index (κ2) is 7.19. The van der Waals surface area contributed by atoms with Crippen LogP contribution in [0.15, 0.2) is 4.52 Å². The molecule has 4 heterocycles. The van der Waals surface area contributed by atoms with E-state index in [4.69, 9.17) is 9.26 Å². The highest BCUT2D eigenvalue weighted by molar-refractivity contribution is 5.94. The second-order valence-corrected chi connectivity index (χ2v) is 7.57. The number of nitrogens with zero attached hydrogens (tertiary/aromatic N) is 4. The van der Waals surface area contributed by atoms with Crippen LogP contribution in [0.2, 0.25) is 0 Å². The minimum absolute atomic E-state index is 0.0420. The zero-order chi connectivity index (χ0) is 18.1. The van der Waals surface area contributed by atoms with Crippen molar-refractivity contribution >= 4 is 5.91 Å². The summed E-state index contributed by atoms with van der Waals surface area (Å²) in [7, 11) is 0. The molecule has 8 heteroatoms. The predicted molar refractivity (Wildman–Crippen MR) is 92.7 cm³/mol. The highest BCUT2D eigenvalue weighted by atomic mass is 16.5. The van der Waals surface area contributed by atoms with Gasteiger partial charge in [0.1, 0.15) is 0 Å². The molecule has 26 heavy (non-hydrogen) atoms. The Bertz CT molecular complexity index is 782. The minimum atomic E-state index is -0.0420. The standard InChI is InChI=1S/C18H25N5O3/c1-11(2)8-15-19-17(26-22-15)12-4-3-6-23(9-12)18(24)16-13-10-25-7-5-14(13)20-21-16/h11-12H,3-10H2,1-2H3,(H,20,21)/t12-/m0/s1. The molecule has 0 aliphatic carbocycles. The van der Waals surface area contributed by atoms with Gasteiger partial charge in [-0.05, 0) is 18.8 Å². The van der Waals surface area contributed by atoms with Crippen molar-refractivity contribution in [3.63, 3.8) is 0 Å². The van der Waals surface area contributed by atoms with Crippen molar-refractivity contribution in [3.05, 3.63) is 28.7 Å². The van der Waals surface area contributed by atoms with E-state index in [2.05, 4.69) is 34.2 Å². The van der Waals surface area contributed by atoms with Crippen LogP contribution in [0.3, 0.4) is 0 Å². The van der Waals surface area contributed by atoms with Crippen LogP contribution in [-0.2, 0) is 24.2 Å². The molecule has 0 bridgehead atoms. The van der Waals surface area contributed by atoms with Gasteiger partial charge in [-0.2, -0.15) is 10.1 Å². The topological polar surface area (TPSA) is 97.1 Å². The van der Waals surface area contributed by atoms with Gasteiger partial charge in [0.05, 0.1) is 19.1 Å². The summed E-state index contributed by atoms with van der Waals surface area (Å²) in [6, 6.07) is 0. The highest BCUT2D eigenvalue weighted by Crippen LogP contribution is 2.28. The average molecular weight is 359 g/mol. The number of H-pyrrole nitrogens is 1. The molecule has 2 aromatic rings. The molecule has 2 aromatic heterocycles. The lowest BCUT2D eigenvalue weighted by Gasteiger charge is -2.30. The number of rotatable bonds is 4.